The summed E-state index contributed by atoms with van der Waals surface area (Å²) in [7, 11) is 0. The van der Waals surface area contributed by atoms with Gasteiger partial charge in [0.25, 0.3) is 0 Å². The second-order valence-corrected chi connectivity index (χ2v) is 5.26. The van der Waals surface area contributed by atoms with E-state index in [0.717, 1.165) is 5.56 Å². The monoisotopic (exact) mass is 377 g/mol. The van der Waals surface area contributed by atoms with Gasteiger partial charge in [0, 0.05) is 6.20 Å². The number of alkyl halides is 1. The van der Waals surface area contributed by atoms with E-state index in [2.05, 4.69) is 26.2 Å². The molecule has 1 aliphatic rings. The van der Waals surface area contributed by atoms with E-state index in [1.165, 1.54) is 12.1 Å². The summed E-state index contributed by atoms with van der Waals surface area (Å²) in [5.74, 6) is -0.277. The molecular weight excluding hydrogens is 365 g/mol. The molecule has 0 radical (unpaired) electrons. The van der Waals surface area contributed by atoms with Crippen molar-refractivity contribution in [1.29, 1.82) is 0 Å². The Balaban J connectivity index is 0.00000161. The lowest BCUT2D eigenvalue weighted by Gasteiger charge is -2.27. The van der Waals surface area contributed by atoms with Crippen molar-refractivity contribution >= 4 is 28.3 Å². The minimum atomic E-state index is -0.681. The van der Waals surface area contributed by atoms with Crippen LogP contribution in [-0.4, -0.2) is 33.2 Å². The zero-order valence-corrected chi connectivity index (χ0v) is 13.4. The van der Waals surface area contributed by atoms with Crippen molar-refractivity contribution in [2.45, 2.75) is 18.4 Å². The third kappa shape index (κ3) is 3.42. The zero-order chi connectivity index (χ0) is 14.0. The summed E-state index contributed by atoms with van der Waals surface area (Å²) >= 11 is 3.35. The van der Waals surface area contributed by atoms with Gasteiger partial charge in [-0.2, -0.15) is 0 Å². The largest absolute Gasteiger partial charge is 0.348 e. The molecule has 1 aliphatic heterocycles. The van der Waals surface area contributed by atoms with Crippen molar-refractivity contribution in [3.05, 3.63) is 48.0 Å². The van der Waals surface area contributed by atoms with Gasteiger partial charge in [-0.05, 0) is 17.7 Å². The van der Waals surface area contributed by atoms with Crippen LogP contribution in [0, 0.1) is 5.82 Å². The van der Waals surface area contributed by atoms with Crippen LogP contribution >= 0.6 is 28.3 Å². The molecule has 21 heavy (non-hydrogen) atoms. The molecule has 1 aromatic heterocycles. The van der Waals surface area contributed by atoms with Gasteiger partial charge < -0.3 is 9.47 Å². The number of benzene rings is 1. The van der Waals surface area contributed by atoms with Crippen LogP contribution in [0.4, 0.5) is 4.39 Å². The van der Waals surface area contributed by atoms with Crippen molar-refractivity contribution in [3.8, 4) is 0 Å². The smallest absolute Gasteiger partial charge is 0.168 e. The van der Waals surface area contributed by atoms with E-state index < -0.39 is 5.60 Å². The molecule has 0 saturated carbocycles. The van der Waals surface area contributed by atoms with E-state index >= 15 is 0 Å². The average molecular weight is 379 g/mol. The van der Waals surface area contributed by atoms with Crippen LogP contribution in [0.2, 0.25) is 0 Å². The minimum absolute atomic E-state index is 0. The highest BCUT2D eigenvalue weighted by Gasteiger charge is 2.43. The summed E-state index contributed by atoms with van der Waals surface area (Å²) < 4.78 is 26.4. The lowest BCUT2D eigenvalue weighted by molar-refractivity contribution is -0.0831. The van der Waals surface area contributed by atoms with Crippen LogP contribution < -0.4 is 0 Å². The summed E-state index contributed by atoms with van der Waals surface area (Å²) in [6.07, 6.45) is 3.04. The second kappa shape index (κ2) is 6.83. The van der Waals surface area contributed by atoms with Gasteiger partial charge in [0.1, 0.15) is 11.4 Å². The Kier molecular flexibility index (Phi) is 5.32. The standard InChI is InChI=1S/C13H13BrFN3O2.ClH/c14-7-12-19-9-13(20-12,8-18-6-5-16-17-18)10-1-3-11(15)4-2-10;/h1-6,12H,7-9H2;1H. The Labute approximate surface area is 136 Å². The Morgan fingerprint density at radius 3 is 2.71 bits per heavy atom. The van der Waals surface area contributed by atoms with E-state index in [1.807, 2.05) is 0 Å². The highest BCUT2D eigenvalue weighted by atomic mass is 79.9. The highest BCUT2D eigenvalue weighted by molar-refractivity contribution is 9.09. The molecule has 5 nitrogen and oxygen atoms in total. The van der Waals surface area contributed by atoms with Crippen molar-refractivity contribution < 1.29 is 13.9 Å². The van der Waals surface area contributed by atoms with Crippen molar-refractivity contribution in [3.63, 3.8) is 0 Å². The third-order valence-electron chi connectivity index (χ3n) is 3.25. The molecule has 8 heteroatoms. The van der Waals surface area contributed by atoms with E-state index in [4.69, 9.17) is 9.47 Å². The molecular formula is C13H14BrClFN3O2. The van der Waals surface area contributed by atoms with E-state index in [9.17, 15) is 4.39 Å². The number of hydrogen-bond acceptors (Lipinski definition) is 4. The molecule has 0 bridgehead atoms. The van der Waals surface area contributed by atoms with E-state index in [-0.39, 0.29) is 24.5 Å². The Morgan fingerprint density at radius 2 is 2.14 bits per heavy atom. The normalized spacial score (nSPS) is 24.8. The first kappa shape index (κ1) is 16.4. The van der Waals surface area contributed by atoms with E-state index in [0.29, 0.717) is 18.5 Å². The van der Waals surface area contributed by atoms with Gasteiger partial charge in [0.15, 0.2) is 6.29 Å². The van der Waals surface area contributed by atoms with Gasteiger partial charge in [0.2, 0.25) is 0 Å². The van der Waals surface area contributed by atoms with Gasteiger partial charge in [-0.3, -0.25) is 0 Å². The summed E-state index contributed by atoms with van der Waals surface area (Å²) in [6.45, 7) is 0.844. The number of ether oxygens (including phenoxy) is 2. The number of nitrogens with zero attached hydrogens (tertiary/aromatic N) is 3. The fourth-order valence-corrected chi connectivity index (χ4v) is 2.60. The van der Waals surface area contributed by atoms with E-state index in [1.54, 1.807) is 29.2 Å². The first-order valence-corrected chi connectivity index (χ1v) is 7.29. The van der Waals surface area contributed by atoms with Gasteiger partial charge in [-0.25, -0.2) is 9.07 Å². The predicted octanol–water partition coefficient (Wildman–Crippen LogP) is 2.50. The first-order valence-electron chi connectivity index (χ1n) is 6.17. The van der Waals surface area contributed by atoms with Crippen LogP contribution in [0.15, 0.2) is 36.7 Å². The van der Waals surface area contributed by atoms with Crippen molar-refractivity contribution in [2.24, 2.45) is 0 Å². The first-order chi connectivity index (χ1) is 9.72. The quantitative estimate of drug-likeness (QED) is 0.767. The minimum Gasteiger partial charge on any atom is -0.348 e. The molecule has 1 aromatic carbocycles. The molecule has 1 fully saturated rings. The van der Waals surface area contributed by atoms with Crippen LogP contribution in [-0.2, 0) is 21.6 Å². The Hall–Kier alpha value is -1.02. The molecule has 0 spiro atoms. The molecule has 114 valence electrons. The van der Waals surface area contributed by atoms with Gasteiger partial charge >= 0.3 is 0 Å². The fraction of sp³-hybridized carbons (Fsp3) is 0.385. The summed E-state index contributed by atoms with van der Waals surface area (Å²) in [5, 5.41) is 8.33. The SMILES string of the molecule is Cl.Fc1ccc(C2(Cn3ccnn3)COC(CBr)O2)cc1. The Morgan fingerprint density at radius 1 is 1.38 bits per heavy atom. The molecule has 2 unspecified atom stereocenters. The molecule has 2 atom stereocenters. The van der Waals surface area contributed by atoms with Crippen molar-refractivity contribution in [1.82, 2.24) is 15.0 Å². The third-order valence-corrected chi connectivity index (χ3v) is 3.77. The maximum absolute atomic E-state index is 13.1. The van der Waals surface area contributed by atoms with Gasteiger partial charge in [0.05, 0.1) is 24.7 Å². The second-order valence-electron chi connectivity index (χ2n) is 4.61. The molecule has 2 heterocycles. The Bertz CT molecular complexity index is 569. The topological polar surface area (TPSA) is 49.2 Å². The summed E-state index contributed by atoms with van der Waals surface area (Å²) in [5.41, 5.74) is 0.178. The van der Waals surface area contributed by atoms with Gasteiger partial charge in [-0.15, -0.1) is 17.5 Å². The van der Waals surface area contributed by atoms with Crippen LogP contribution in [0.3, 0.4) is 0 Å². The molecule has 0 amide bonds. The lowest BCUT2D eigenvalue weighted by Crippen LogP contribution is -2.35. The molecule has 0 aliphatic carbocycles. The van der Waals surface area contributed by atoms with Crippen LogP contribution in [0.5, 0.6) is 0 Å². The average Bonchev–Trinajstić information content (AvgIpc) is 3.10. The summed E-state index contributed by atoms with van der Waals surface area (Å²) in [6, 6.07) is 6.27. The van der Waals surface area contributed by atoms with Crippen molar-refractivity contribution in [2.75, 3.05) is 11.9 Å². The number of halogens is 3. The number of hydrogen-bond donors (Lipinski definition) is 0. The maximum atomic E-state index is 13.1. The zero-order valence-electron chi connectivity index (χ0n) is 11.0. The number of rotatable bonds is 4. The highest BCUT2D eigenvalue weighted by Crippen LogP contribution is 2.35. The van der Waals surface area contributed by atoms with Gasteiger partial charge in [-0.1, -0.05) is 33.3 Å². The molecule has 0 N–H and O–H groups in total. The molecule has 2 aromatic rings. The summed E-state index contributed by atoms with van der Waals surface area (Å²) in [4.78, 5) is 0. The van der Waals surface area contributed by atoms with Crippen LogP contribution in [0.1, 0.15) is 5.56 Å². The number of aromatic nitrogens is 3. The lowest BCUT2D eigenvalue weighted by atomic mass is 9.94. The molecule has 1 saturated heterocycles. The molecule has 3 rings (SSSR count). The maximum Gasteiger partial charge on any atom is 0.168 e. The van der Waals surface area contributed by atoms with Crippen LogP contribution in [0.25, 0.3) is 0 Å². The fourth-order valence-electron chi connectivity index (χ4n) is 2.28. The predicted molar refractivity (Wildman–Crippen MR) is 80.0 cm³/mol.